The van der Waals surface area contributed by atoms with Crippen LogP contribution in [0.1, 0.15) is 19.8 Å². The topological polar surface area (TPSA) is 76.9 Å². The molecule has 1 saturated heterocycles. The molecule has 0 amide bonds. The summed E-state index contributed by atoms with van der Waals surface area (Å²) in [6.07, 6.45) is 2.02. The smallest absolute Gasteiger partial charge is 0.188 e. The second-order valence-electron chi connectivity index (χ2n) is 3.62. The molecule has 4 nitrogen and oxygen atoms in total. The van der Waals surface area contributed by atoms with Gasteiger partial charge in [0.15, 0.2) is 5.96 Å². The molecule has 0 saturated carbocycles. The van der Waals surface area contributed by atoms with Crippen LogP contribution in [0.15, 0.2) is 0 Å². The molecule has 4 heteroatoms. The highest BCUT2D eigenvalue weighted by atomic mass is 15.2. The molecule has 1 fully saturated rings. The highest BCUT2D eigenvalue weighted by molar-refractivity contribution is 5.74. The molecule has 0 aromatic heterocycles. The number of likely N-dealkylation sites (tertiary alicyclic amines) is 1. The maximum Gasteiger partial charge on any atom is 0.188 e. The van der Waals surface area contributed by atoms with E-state index in [0.717, 1.165) is 25.9 Å². The normalized spacial score (nSPS) is 25.8. The molecule has 4 N–H and O–H groups in total. The molecule has 1 aliphatic heterocycles. The summed E-state index contributed by atoms with van der Waals surface area (Å²) < 4.78 is 0. The van der Waals surface area contributed by atoms with E-state index < -0.39 is 0 Å². The highest BCUT2D eigenvalue weighted by Gasteiger charge is 2.22. The first-order valence-corrected chi connectivity index (χ1v) is 4.39. The second kappa shape index (κ2) is 3.76. The standard InChI is InChI=1S/C8H17N4/c1-6(9)4-7-2-3-12(5-7)8(10)11/h6-7,9H,2-5H2,1H3,(H3,10,11)/q-1. The fourth-order valence-electron chi connectivity index (χ4n) is 1.74. The predicted molar refractivity (Wildman–Crippen MR) is 50.0 cm³/mol. The molecule has 0 aromatic rings. The van der Waals surface area contributed by atoms with E-state index in [1.54, 1.807) is 0 Å². The third-order valence-electron chi connectivity index (χ3n) is 2.31. The second-order valence-corrected chi connectivity index (χ2v) is 3.62. The third kappa shape index (κ3) is 2.37. The fraction of sp³-hybridized carbons (Fsp3) is 0.875. The molecule has 0 spiro atoms. The average Bonchev–Trinajstić information content (AvgIpc) is 2.34. The van der Waals surface area contributed by atoms with Crippen LogP contribution in [-0.2, 0) is 0 Å². The Labute approximate surface area is 73.4 Å². The predicted octanol–water partition coefficient (Wildman–Crippen LogP) is 1.03. The zero-order valence-corrected chi connectivity index (χ0v) is 7.51. The largest absolute Gasteiger partial charge is 0.675 e. The minimum atomic E-state index is 0.0157. The number of rotatable bonds is 2. The number of nitrogens with zero attached hydrogens (tertiary/aromatic N) is 1. The summed E-state index contributed by atoms with van der Waals surface area (Å²) in [6.45, 7) is 3.68. The molecule has 70 valence electrons. The van der Waals surface area contributed by atoms with Gasteiger partial charge in [0, 0.05) is 13.1 Å². The first kappa shape index (κ1) is 9.32. The molecular formula is C8H17N4-. The number of nitrogens with two attached hydrogens (primary N) is 1. The van der Waals surface area contributed by atoms with Crippen molar-refractivity contribution in [2.75, 3.05) is 13.1 Å². The van der Waals surface area contributed by atoms with Crippen LogP contribution in [0, 0.1) is 11.3 Å². The Morgan fingerprint density at radius 3 is 2.92 bits per heavy atom. The van der Waals surface area contributed by atoms with Gasteiger partial charge in [0.2, 0.25) is 0 Å². The Kier molecular flexibility index (Phi) is 2.92. The maximum absolute atomic E-state index is 7.41. The van der Waals surface area contributed by atoms with Gasteiger partial charge in [0.05, 0.1) is 0 Å². The Morgan fingerprint density at radius 2 is 2.50 bits per heavy atom. The lowest BCUT2D eigenvalue weighted by Crippen LogP contribution is -2.34. The minimum absolute atomic E-state index is 0.0157. The summed E-state index contributed by atoms with van der Waals surface area (Å²) >= 11 is 0. The lowest BCUT2D eigenvalue weighted by atomic mass is 10.0. The summed E-state index contributed by atoms with van der Waals surface area (Å²) in [5.74, 6) is 0.747. The van der Waals surface area contributed by atoms with Crippen LogP contribution in [0.3, 0.4) is 0 Å². The van der Waals surface area contributed by atoms with Crippen molar-refractivity contribution in [3.05, 3.63) is 5.73 Å². The molecule has 0 aliphatic carbocycles. The molecule has 0 aromatic carbocycles. The van der Waals surface area contributed by atoms with Gasteiger partial charge in [0.25, 0.3) is 0 Å². The van der Waals surface area contributed by atoms with E-state index in [4.69, 9.17) is 16.9 Å². The van der Waals surface area contributed by atoms with Gasteiger partial charge in [-0.25, -0.2) is 0 Å². The van der Waals surface area contributed by atoms with Gasteiger partial charge >= 0.3 is 0 Å². The highest BCUT2D eigenvalue weighted by Crippen LogP contribution is 2.20. The van der Waals surface area contributed by atoms with Gasteiger partial charge in [-0.1, -0.05) is 13.3 Å². The molecule has 0 radical (unpaired) electrons. The van der Waals surface area contributed by atoms with Crippen molar-refractivity contribution in [2.24, 2.45) is 11.7 Å². The van der Waals surface area contributed by atoms with Crippen molar-refractivity contribution in [1.82, 2.24) is 4.90 Å². The molecule has 1 aliphatic rings. The van der Waals surface area contributed by atoms with Crippen LogP contribution < -0.4 is 5.73 Å². The van der Waals surface area contributed by atoms with E-state index in [9.17, 15) is 0 Å². The van der Waals surface area contributed by atoms with Crippen molar-refractivity contribution in [3.63, 3.8) is 0 Å². The van der Waals surface area contributed by atoms with Crippen LogP contribution in [-0.4, -0.2) is 30.0 Å². The summed E-state index contributed by atoms with van der Waals surface area (Å²) in [7, 11) is 0. The number of guanidine groups is 1. The van der Waals surface area contributed by atoms with Crippen molar-refractivity contribution in [1.29, 1.82) is 5.41 Å². The van der Waals surface area contributed by atoms with Gasteiger partial charge < -0.3 is 16.4 Å². The van der Waals surface area contributed by atoms with E-state index in [1.165, 1.54) is 0 Å². The molecule has 1 rings (SSSR count). The summed E-state index contributed by atoms with van der Waals surface area (Å²) in [5.41, 5.74) is 12.8. The SMILES string of the molecule is CC([NH-])CC1CCN(C(=N)N)C1. The van der Waals surface area contributed by atoms with Gasteiger partial charge in [-0.3, -0.25) is 5.41 Å². The zero-order valence-electron chi connectivity index (χ0n) is 7.51. The third-order valence-corrected chi connectivity index (χ3v) is 2.31. The minimum Gasteiger partial charge on any atom is -0.675 e. The zero-order chi connectivity index (χ0) is 9.14. The lowest BCUT2D eigenvalue weighted by Gasteiger charge is -2.19. The van der Waals surface area contributed by atoms with Crippen molar-refractivity contribution in [3.8, 4) is 0 Å². The number of hydrogen-bond acceptors (Lipinski definition) is 1. The van der Waals surface area contributed by atoms with Crippen LogP contribution in [0.4, 0.5) is 0 Å². The summed E-state index contributed by atoms with van der Waals surface area (Å²) in [5, 5.41) is 7.22. The van der Waals surface area contributed by atoms with Gasteiger partial charge in [-0.15, -0.1) is 6.04 Å². The monoisotopic (exact) mass is 169 g/mol. The van der Waals surface area contributed by atoms with E-state index in [1.807, 2.05) is 11.8 Å². The van der Waals surface area contributed by atoms with E-state index in [-0.39, 0.29) is 12.0 Å². The quantitative estimate of drug-likeness (QED) is 0.478. The van der Waals surface area contributed by atoms with Gasteiger partial charge in [-0.05, 0) is 12.3 Å². The first-order chi connectivity index (χ1) is 5.59. The van der Waals surface area contributed by atoms with Crippen molar-refractivity contribution >= 4 is 5.96 Å². The maximum atomic E-state index is 7.41. The van der Waals surface area contributed by atoms with Crippen molar-refractivity contribution < 1.29 is 0 Å². The molecule has 2 unspecified atom stereocenters. The summed E-state index contributed by atoms with van der Waals surface area (Å²) in [4.78, 5) is 1.88. The van der Waals surface area contributed by atoms with Crippen LogP contribution in [0.2, 0.25) is 0 Å². The fourth-order valence-corrected chi connectivity index (χ4v) is 1.74. The molecule has 12 heavy (non-hydrogen) atoms. The van der Waals surface area contributed by atoms with E-state index in [0.29, 0.717) is 5.92 Å². The van der Waals surface area contributed by atoms with Gasteiger partial charge in [0.1, 0.15) is 0 Å². The summed E-state index contributed by atoms with van der Waals surface area (Å²) in [6, 6.07) is 0.0157. The first-order valence-electron chi connectivity index (χ1n) is 4.39. The Bertz CT molecular complexity index is 166. The lowest BCUT2D eigenvalue weighted by molar-refractivity contribution is 0.447. The number of nitrogens with one attached hydrogen (secondary N) is 2. The average molecular weight is 169 g/mol. The number of hydrogen-bond donors (Lipinski definition) is 2. The van der Waals surface area contributed by atoms with E-state index >= 15 is 0 Å². The van der Waals surface area contributed by atoms with Crippen LogP contribution in [0.5, 0.6) is 0 Å². The Hall–Kier alpha value is -0.770. The van der Waals surface area contributed by atoms with Crippen LogP contribution >= 0.6 is 0 Å². The molecule has 0 bridgehead atoms. The molecule has 1 heterocycles. The Balaban J connectivity index is 2.30. The van der Waals surface area contributed by atoms with E-state index in [2.05, 4.69) is 0 Å². The van der Waals surface area contributed by atoms with Crippen molar-refractivity contribution in [2.45, 2.75) is 25.8 Å². The molecular weight excluding hydrogens is 152 g/mol. The Morgan fingerprint density at radius 1 is 1.83 bits per heavy atom. The van der Waals surface area contributed by atoms with Gasteiger partial charge in [-0.2, -0.15) is 0 Å². The molecule has 2 atom stereocenters. The van der Waals surface area contributed by atoms with Crippen LogP contribution in [0.25, 0.3) is 5.73 Å².